The summed E-state index contributed by atoms with van der Waals surface area (Å²) in [6.45, 7) is 1.47. The molecule has 0 heterocycles. The number of hydrazone groups is 1. The molecule has 0 spiro atoms. The Labute approximate surface area is 182 Å². The molecule has 0 bridgehead atoms. The summed E-state index contributed by atoms with van der Waals surface area (Å²) in [6.07, 6.45) is 1.14. The van der Waals surface area contributed by atoms with Crippen LogP contribution in [0.15, 0.2) is 35.4 Å². The average molecular weight is 446 g/mol. The zero-order valence-corrected chi connectivity index (χ0v) is 17.6. The Morgan fingerprint density at radius 1 is 1.16 bits per heavy atom. The van der Waals surface area contributed by atoms with Crippen molar-refractivity contribution in [2.45, 2.75) is 6.92 Å². The maximum absolute atomic E-state index is 12.2. The van der Waals surface area contributed by atoms with Crippen molar-refractivity contribution in [1.29, 1.82) is 0 Å². The molecule has 32 heavy (non-hydrogen) atoms. The standard InChI is InChI=1S/C20H22N4O8/c1-4-32-17-8-12(7-14(19(17)26)24(28)29)10-22-23-18(25)11-21-20(27)13-5-6-15(30-2)16(9-13)31-3/h5-10,26H,4,11H2,1-3H3,(H,21,27)(H,23,25)/b22-10+. The first kappa shape index (κ1) is 23.9. The number of rotatable bonds is 10. The van der Waals surface area contributed by atoms with Gasteiger partial charge >= 0.3 is 5.69 Å². The molecule has 3 N–H and O–H groups in total. The SMILES string of the molecule is CCOc1cc(/C=N/NC(=O)CNC(=O)c2ccc(OC)c(OC)c2)cc([N+](=O)[O-])c1O. The Kier molecular flexibility index (Phi) is 8.34. The Balaban J connectivity index is 1.98. The zero-order chi connectivity index (χ0) is 23.7. The highest BCUT2D eigenvalue weighted by atomic mass is 16.6. The fraction of sp³-hybridized carbons (Fsp3) is 0.250. The minimum atomic E-state index is -0.766. The number of nitrogens with one attached hydrogen (secondary N) is 2. The van der Waals surface area contributed by atoms with Crippen molar-refractivity contribution in [3.8, 4) is 23.0 Å². The minimum Gasteiger partial charge on any atom is -0.500 e. The van der Waals surface area contributed by atoms with Gasteiger partial charge in [0.25, 0.3) is 11.8 Å². The fourth-order valence-corrected chi connectivity index (χ4v) is 2.55. The van der Waals surface area contributed by atoms with Gasteiger partial charge in [0.1, 0.15) is 0 Å². The van der Waals surface area contributed by atoms with E-state index in [1.165, 1.54) is 32.4 Å². The topological polar surface area (TPSA) is 162 Å². The molecular formula is C20H22N4O8. The molecule has 0 fully saturated rings. The summed E-state index contributed by atoms with van der Waals surface area (Å²) in [4.78, 5) is 34.5. The van der Waals surface area contributed by atoms with Crippen molar-refractivity contribution >= 4 is 23.7 Å². The molecule has 12 heteroatoms. The lowest BCUT2D eigenvalue weighted by Crippen LogP contribution is -2.34. The second kappa shape index (κ2) is 11.2. The highest BCUT2D eigenvalue weighted by Gasteiger charge is 2.19. The summed E-state index contributed by atoms with van der Waals surface area (Å²) in [7, 11) is 2.90. The number of ether oxygens (including phenoxy) is 3. The highest BCUT2D eigenvalue weighted by molar-refractivity contribution is 5.97. The summed E-state index contributed by atoms with van der Waals surface area (Å²) in [5.74, 6) is -1.01. The number of hydrogen-bond acceptors (Lipinski definition) is 9. The first-order chi connectivity index (χ1) is 15.3. The Morgan fingerprint density at radius 2 is 1.88 bits per heavy atom. The van der Waals surface area contributed by atoms with Crippen LogP contribution in [0.1, 0.15) is 22.8 Å². The van der Waals surface area contributed by atoms with E-state index in [2.05, 4.69) is 15.8 Å². The molecule has 2 rings (SSSR count). The monoisotopic (exact) mass is 446 g/mol. The lowest BCUT2D eigenvalue weighted by Gasteiger charge is -2.09. The number of methoxy groups -OCH3 is 2. The molecule has 2 aromatic carbocycles. The molecule has 2 amide bonds. The molecule has 12 nitrogen and oxygen atoms in total. The molecule has 0 radical (unpaired) electrons. The van der Waals surface area contributed by atoms with Crippen LogP contribution in [0.2, 0.25) is 0 Å². The first-order valence-electron chi connectivity index (χ1n) is 9.27. The first-order valence-corrected chi connectivity index (χ1v) is 9.27. The van der Waals surface area contributed by atoms with E-state index in [1.54, 1.807) is 13.0 Å². The fourth-order valence-electron chi connectivity index (χ4n) is 2.55. The van der Waals surface area contributed by atoms with Gasteiger partial charge in [0, 0.05) is 17.2 Å². The smallest absolute Gasteiger partial charge is 0.315 e. The van der Waals surface area contributed by atoms with Gasteiger partial charge < -0.3 is 24.6 Å². The van der Waals surface area contributed by atoms with Crippen LogP contribution in [0.4, 0.5) is 5.69 Å². The number of nitro groups is 1. The van der Waals surface area contributed by atoms with E-state index in [-0.39, 0.29) is 30.0 Å². The molecule has 2 aromatic rings. The molecule has 0 unspecified atom stereocenters. The van der Waals surface area contributed by atoms with Gasteiger partial charge in [-0.25, -0.2) is 5.43 Å². The van der Waals surface area contributed by atoms with Crippen molar-refractivity contribution in [3.05, 3.63) is 51.6 Å². The molecule has 0 atom stereocenters. The van der Waals surface area contributed by atoms with Gasteiger partial charge in [-0.2, -0.15) is 5.10 Å². The van der Waals surface area contributed by atoms with E-state index in [0.717, 1.165) is 12.3 Å². The number of carbonyl (C=O) groups is 2. The quantitative estimate of drug-likeness (QED) is 0.282. The number of phenols is 1. The Morgan fingerprint density at radius 3 is 2.50 bits per heavy atom. The lowest BCUT2D eigenvalue weighted by molar-refractivity contribution is -0.386. The maximum Gasteiger partial charge on any atom is 0.315 e. The van der Waals surface area contributed by atoms with E-state index >= 15 is 0 Å². The average Bonchev–Trinajstić information content (AvgIpc) is 2.78. The van der Waals surface area contributed by atoms with Crippen LogP contribution in [0, 0.1) is 10.1 Å². The largest absolute Gasteiger partial charge is 0.500 e. The van der Waals surface area contributed by atoms with E-state index in [1.807, 2.05) is 0 Å². The Bertz CT molecular complexity index is 1040. The predicted molar refractivity (Wildman–Crippen MR) is 114 cm³/mol. The van der Waals surface area contributed by atoms with Crippen LogP contribution in [0.25, 0.3) is 0 Å². The summed E-state index contributed by atoms with van der Waals surface area (Å²) >= 11 is 0. The number of benzene rings is 2. The highest BCUT2D eigenvalue weighted by Crippen LogP contribution is 2.36. The van der Waals surface area contributed by atoms with Crippen molar-refractivity contribution in [1.82, 2.24) is 10.7 Å². The minimum absolute atomic E-state index is 0.0864. The van der Waals surface area contributed by atoms with E-state index in [9.17, 15) is 24.8 Å². The molecule has 0 saturated carbocycles. The molecule has 170 valence electrons. The summed E-state index contributed by atoms with van der Waals surface area (Å²) in [5.41, 5.74) is 2.11. The summed E-state index contributed by atoms with van der Waals surface area (Å²) in [6, 6.07) is 6.95. The van der Waals surface area contributed by atoms with Gasteiger partial charge in [0.2, 0.25) is 5.75 Å². The van der Waals surface area contributed by atoms with Crippen LogP contribution < -0.4 is 25.0 Å². The number of amides is 2. The zero-order valence-electron chi connectivity index (χ0n) is 17.6. The number of carbonyl (C=O) groups excluding carboxylic acids is 2. The predicted octanol–water partition coefficient (Wildman–Crippen LogP) is 1.60. The van der Waals surface area contributed by atoms with Crippen LogP contribution in [0.3, 0.4) is 0 Å². The molecule has 0 aliphatic carbocycles. The normalized spacial score (nSPS) is 10.5. The Hall–Kier alpha value is -4.35. The van der Waals surface area contributed by atoms with E-state index in [0.29, 0.717) is 11.5 Å². The van der Waals surface area contributed by atoms with Gasteiger partial charge in [-0.05, 0) is 31.2 Å². The number of nitrogens with zero attached hydrogens (tertiary/aromatic N) is 2. The third kappa shape index (κ3) is 6.08. The van der Waals surface area contributed by atoms with Crippen molar-refractivity contribution in [2.75, 3.05) is 27.4 Å². The summed E-state index contributed by atoms with van der Waals surface area (Å²) in [5, 5.41) is 27.1. The van der Waals surface area contributed by atoms with Gasteiger partial charge in [-0.15, -0.1) is 0 Å². The van der Waals surface area contributed by atoms with Crippen LogP contribution in [0.5, 0.6) is 23.0 Å². The van der Waals surface area contributed by atoms with Gasteiger partial charge in [0.15, 0.2) is 17.2 Å². The van der Waals surface area contributed by atoms with Gasteiger partial charge in [-0.1, -0.05) is 0 Å². The second-order valence-corrected chi connectivity index (χ2v) is 6.12. The number of nitro benzene ring substituents is 1. The van der Waals surface area contributed by atoms with Crippen LogP contribution in [-0.4, -0.2) is 55.4 Å². The van der Waals surface area contributed by atoms with Gasteiger partial charge in [0.05, 0.1) is 38.5 Å². The number of hydrogen-bond donors (Lipinski definition) is 3. The number of phenolic OH excluding ortho intramolecular Hbond substituents is 1. The van der Waals surface area contributed by atoms with E-state index < -0.39 is 28.2 Å². The van der Waals surface area contributed by atoms with Crippen molar-refractivity contribution in [2.24, 2.45) is 5.10 Å². The van der Waals surface area contributed by atoms with E-state index in [4.69, 9.17) is 14.2 Å². The third-order valence-electron chi connectivity index (χ3n) is 4.03. The lowest BCUT2D eigenvalue weighted by atomic mass is 10.2. The van der Waals surface area contributed by atoms with Crippen LogP contribution in [-0.2, 0) is 4.79 Å². The van der Waals surface area contributed by atoms with Crippen molar-refractivity contribution < 1.29 is 33.8 Å². The van der Waals surface area contributed by atoms with Crippen LogP contribution >= 0.6 is 0 Å². The molecular weight excluding hydrogens is 424 g/mol. The maximum atomic E-state index is 12.2. The molecule has 0 aliphatic rings. The summed E-state index contributed by atoms with van der Waals surface area (Å²) < 4.78 is 15.4. The molecule has 0 aromatic heterocycles. The van der Waals surface area contributed by atoms with Crippen molar-refractivity contribution in [3.63, 3.8) is 0 Å². The third-order valence-corrected chi connectivity index (χ3v) is 4.03. The number of aromatic hydroxyl groups is 1. The molecule has 0 saturated heterocycles. The second-order valence-electron chi connectivity index (χ2n) is 6.12. The molecule has 0 aliphatic heterocycles. The van der Waals surface area contributed by atoms with Gasteiger partial charge in [-0.3, -0.25) is 19.7 Å².